The van der Waals surface area contributed by atoms with Crippen molar-refractivity contribution in [1.82, 2.24) is 4.57 Å². The monoisotopic (exact) mass is 428 g/mol. The molecule has 0 N–H and O–H groups in total. The third-order valence-corrected chi connectivity index (χ3v) is 6.41. The number of carbonyl (C=O) groups excluding carboxylic acids is 1. The van der Waals surface area contributed by atoms with Crippen LogP contribution >= 0.6 is 23.1 Å². The molecule has 0 spiro atoms. The van der Waals surface area contributed by atoms with E-state index in [9.17, 15) is 4.79 Å². The first kappa shape index (κ1) is 19.6. The first-order valence-electron chi connectivity index (χ1n) is 9.06. The second kappa shape index (κ2) is 8.75. The average molecular weight is 429 g/mol. The predicted molar refractivity (Wildman–Crippen MR) is 115 cm³/mol. The fourth-order valence-corrected chi connectivity index (χ4v) is 4.85. The summed E-state index contributed by atoms with van der Waals surface area (Å²) < 4.78 is 19.1. The minimum absolute atomic E-state index is 0.143. The summed E-state index contributed by atoms with van der Waals surface area (Å²) in [7, 11) is 1.64. The lowest BCUT2D eigenvalue weighted by Crippen LogP contribution is -2.16. The van der Waals surface area contributed by atoms with Gasteiger partial charge >= 0.3 is 0 Å². The highest BCUT2D eigenvalue weighted by Gasteiger charge is 2.17. The second-order valence-corrected chi connectivity index (χ2v) is 8.41. The molecule has 0 fully saturated rings. The Bertz CT molecular complexity index is 1120. The van der Waals surface area contributed by atoms with Gasteiger partial charge in [0, 0.05) is 35.7 Å². The molecular weight excluding hydrogens is 408 g/mol. The lowest BCUT2D eigenvalue weighted by Gasteiger charge is -2.03. The highest BCUT2D eigenvalue weighted by atomic mass is 32.2. The van der Waals surface area contributed by atoms with Crippen molar-refractivity contribution >= 4 is 39.2 Å². The van der Waals surface area contributed by atoms with E-state index in [0.29, 0.717) is 29.3 Å². The minimum Gasteiger partial charge on any atom is -0.497 e. The third-order valence-electron chi connectivity index (χ3n) is 4.35. The molecule has 2 heterocycles. The second-order valence-electron chi connectivity index (χ2n) is 6.24. The Morgan fingerprint density at radius 3 is 2.79 bits per heavy atom. The van der Waals surface area contributed by atoms with Crippen molar-refractivity contribution in [3.05, 3.63) is 53.9 Å². The third kappa shape index (κ3) is 4.33. The Morgan fingerprint density at radius 2 is 2.07 bits per heavy atom. The van der Waals surface area contributed by atoms with Gasteiger partial charge in [-0.2, -0.15) is 4.99 Å². The number of amides is 1. The molecule has 0 bridgehead atoms. The lowest BCUT2D eigenvalue weighted by atomic mass is 10.3. The van der Waals surface area contributed by atoms with E-state index in [2.05, 4.69) is 11.6 Å². The number of fused-ring (bicyclic) bond motifs is 2. The Labute approximate surface area is 176 Å². The molecule has 6 nitrogen and oxygen atoms in total. The van der Waals surface area contributed by atoms with Crippen LogP contribution in [0.4, 0.5) is 0 Å². The van der Waals surface area contributed by atoms with Gasteiger partial charge < -0.3 is 18.8 Å². The van der Waals surface area contributed by atoms with Crippen LogP contribution in [0.5, 0.6) is 17.2 Å². The zero-order valence-corrected chi connectivity index (χ0v) is 17.6. The molecule has 0 saturated heterocycles. The zero-order valence-electron chi connectivity index (χ0n) is 15.9. The van der Waals surface area contributed by atoms with Gasteiger partial charge in [-0.1, -0.05) is 17.4 Å². The number of hydrogen-bond acceptors (Lipinski definition) is 6. The number of hydrogen-bond donors (Lipinski definition) is 0. The quantitative estimate of drug-likeness (QED) is 0.416. The van der Waals surface area contributed by atoms with Gasteiger partial charge in [0.25, 0.3) is 0 Å². The molecule has 0 radical (unpaired) electrons. The molecule has 4 rings (SSSR count). The molecule has 150 valence electrons. The lowest BCUT2D eigenvalue weighted by molar-refractivity contribution is -0.117. The van der Waals surface area contributed by atoms with Gasteiger partial charge in [-0.25, -0.2) is 0 Å². The average Bonchev–Trinajstić information content (AvgIpc) is 3.31. The standard InChI is InChI=1S/C21H20N2O4S2/c1-3-9-23-16-11-17-18(27-13-26-17)12-19(16)29-21(23)22-20(24)8-10-28-15-6-4-14(25-2)5-7-15/h3-7,11-12H,1,8-10,13H2,2H3. The molecule has 8 heteroatoms. The van der Waals surface area contributed by atoms with Crippen LogP contribution in [0.15, 0.2) is 58.9 Å². The normalized spacial score (nSPS) is 13.1. The van der Waals surface area contributed by atoms with Gasteiger partial charge in [-0.05, 0) is 24.3 Å². The Morgan fingerprint density at radius 1 is 1.31 bits per heavy atom. The summed E-state index contributed by atoms with van der Waals surface area (Å²) in [5, 5.41) is 0. The predicted octanol–water partition coefficient (Wildman–Crippen LogP) is 4.24. The van der Waals surface area contributed by atoms with E-state index >= 15 is 0 Å². The van der Waals surface area contributed by atoms with Gasteiger partial charge in [0.2, 0.25) is 12.7 Å². The smallest absolute Gasteiger partial charge is 0.249 e. The summed E-state index contributed by atoms with van der Waals surface area (Å²) in [6.07, 6.45) is 2.15. The van der Waals surface area contributed by atoms with Crippen LogP contribution in [0, 0.1) is 0 Å². The van der Waals surface area contributed by atoms with Gasteiger partial charge in [0.1, 0.15) is 5.75 Å². The molecule has 1 aliphatic rings. The molecule has 1 aliphatic heterocycles. The van der Waals surface area contributed by atoms with Gasteiger partial charge in [0.05, 0.1) is 17.3 Å². The Hall–Kier alpha value is -2.71. The number of nitrogens with zero attached hydrogens (tertiary/aromatic N) is 2. The van der Waals surface area contributed by atoms with E-state index in [1.54, 1.807) is 24.9 Å². The maximum absolute atomic E-state index is 12.5. The summed E-state index contributed by atoms with van der Waals surface area (Å²) in [4.78, 5) is 18.6. The van der Waals surface area contributed by atoms with Crippen molar-refractivity contribution in [2.24, 2.45) is 4.99 Å². The summed E-state index contributed by atoms with van der Waals surface area (Å²) in [5.74, 6) is 2.77. The summed E-state index contributed by atoms with van der Waals surface area (Å²) in [6, 6.07) is 11.7. The van der Waals surface area contributed by atoms with Crippen molar-refractivity contribution in [3.63, 3.8) is 0 Å². The molecule has 0 aliphatic carbocycles. The fourth-order valence-electron chi connectivity index (χ4n) is 2.94. The molecule has 3 aromatic rings. The van der Waals surface area contributed by atoms with E-state index < -0.39 is 0 Å². The van der Waals surface area contributed by atoms with E-state index in [1.165, 1.54) is 11.3 Å². The summed E-state index contributed by atoms with van der Waals surface area (Å²) >= 11 is 3.09. The SMILES string of the molecule is C=CCn1c(=NC(=O)CCSc2ccc(OC)cc2)sc2cc3c(cc21)OCO3. The number of thioether (sulfide) groups is 1. The topological polar surface area (TPSA) is 62.1 Å². The highest BCUT2D eigenvalue weighted by Crippen LogP contribution is 2.37. The number of thiazole rings is 1. The van der Waals surface area contributed by atoms with E-state index in [1.807, 2.05) is 41.0 Å². The van der Waals surface area contributed by atoms with Crippen LogP contribution in [0.25, 0.3) is 10.2 Å². The molecule has 2 aromatic carbocycles. The zero-order chi connectivity index (χ0) is 20.2. The fraction of sp³-hybridized carbons (Fsp3) is 0.238. The van der Waals surface area contributed by atoms with Crippen molar-refractivity contribution < 1.29 is 19.0 Å². The maximum Gasteiger partial charge on any atom is 0.249 e. The Balaban J connectivity index is 1.50. The van der Waals surface area contributed by atoms with E-state index in [-0.39, 0.29) is 12.7 Å². The number of allylic oxidation sites excluding steroid dienone is 1. The molecular formula is C21H20N2O4S2. The van der Waals surface area contributed by atoms with E-state index in [4.69, 9.17) is 14.2 Å². The first-order valence-corrected chi connectivity index (χ1v) is 10.9. The maximum atomic E-state index is 12.5. The molecule has 1 amide bonds. The Kier molecular flexibility index (Phi) is 5.92. The number of benzene rings is 2. The highest BCUT2D eigenvalue weighted by molar-refractivity contribution is 7.99. The first-order chi connectivity index (χ1) is 14.2. The molecule has 0 saturated carbocycles. The number of methoxy groups -OCH3 is 1. The van der Waals surface area contributed by atoms with Crippen LogP contribution in [0.3, 0.4) is 0 Å². The molecule has 0 unspecified atom stereocenters. The van der Waals surface area contributed by atoms with Crippen molar-refractivity contribution in [2.75, 3.05) is 19.7 Å². The van der Waals surface area contributed by atoms with Crippen LogP contribution < -0.4 is 19.0 Å². The van der Waals surface area contributed by atoms with Gasteiger partial charge in [0.15, 0.2) is 16.3 Å². The van der Waals surface area contributed by atoms with Crippen LogP contribution in [0.1, 0.15) is 6.42 Å². The number of carbonyl (C=O) groups is 1. The van der Waals surface area contributed by atoms with Crippen LogP contribution in [-0.2, 0) is 11.3 Å². The van der Waals surface area contributed by atoms with Gasteiger partial charge in [-0.3, -0.25) is 4.79 Å². The van der Waals surface area contributed by atoms with Gasteiger partial charge in [-0.15, -0.1) is 18.3 Å². The molecule has 1 aromatic heterocycles. The van der Waals surface area contributed by atoms with Crippen LogP contribution in [-0.4, -0.2) is 30.1 Å². The van der Waals surface area contributed by atoms with Crippen molar-refractivity contribution in [1.29, 1.82) is 0 Å². The number of rotatable bonds is 7. The van der Waals surface area contributed by atoms with Crippen LogP contribution in [0.2, 0.25) is 0 Å². The summed E-state index contributed by atoms with van der Waals surface area (Å²) in [6.45, 7) is 4.61. The van der Waals surface area contributed by atoms with Crippen molar-refractivity contribution in [2.45, 2.75) is 17.9 Å². The molecule has 29 heavy (non-hydrogen) atoms. The summed E-state index contributed by atoms with van der Waals surface area (Å²) in [5.41, 5.74) is 0.957. The largest absolute Gasteiger partial charge is 0.497 e. The number of aromatic nitrogens is 1. The number of ether oxygens (including phenoxy) is 3. The minimum atomic E-state index is -0.143. The van der Waals surface area contributed by atoms with Crippen molar-refractivity contribution in [3.8, 4) is 17.2 Å². The molecule has 0 atom stereocenters. The van der Waals surface area contributed by atoms with E-state index in [0.717, 1.165) is 26.6 Å².